The number of amides is 1. The molecule has 1 atom stereocenters. The Labute approximate surface area is 158 Å². The summed E-state index contributed by atoms with van der Waals surface area (Å²) in [5, 5.41) is 8.48. The van der Waals surface area contributed by atoms with Gasteiger partial charge in [-0.2, -0.15) is 0 Å². The zero-order valence-corrected chi connectivity index (χ0v) is 15.7. The van der Waals surface area contributed by atoms with Gasteiger partial charge in [-0.15, -0.1) is 11.8 Å². The highest BCUT2D eigenvalue weighted by atomic mass is 32.2. The highest BCUT2D eigenvalue weighted by molar-refractivity contribution is 7.99. The monoisotopic (exact) mass is 373 g/mol. The Kier molecular flexibility index (Phi) is 7.53. The molecule has 0 aliphatic carbocycles. The van der Waals surface area contributed by atoms with Gasteiger partial charge in [-0.1, -0.05) is 42.5 Å². The van der Waals surface area contributed by atoms with Gasteiger partial charge in [0.2, 0.25) is 5.91 Å². The normalized spacial score (nSPS) is 11.6. The Hall–Kier alpha value is -2.47. The van der Waals surface area contributed by atoms with E-state index in [0.29, 0.717) is 12.3 Å². The quantitative estimate of drug-likeness (QED) is 0.729. The van der Waals surface area contributed by atoms with Crippen molar-refractivity contribution < 1.29 is 19.4 Å². The molecular formula is C20H23NO4S. The van der Waals surface area contributed by atoms with Crippen LogP contribution in [0.1, 0.15) is 18.1 Å². The average molecular weight is 373 g/mol. The number of aliphatic carboxylic acids is 1. The molecule has 0 saturated carbocycles. The van der Waals surface area contributed by atoms with Crippen LogP contribution in [0.15, 0.2) is 54.6 Å². The maximum absolute atomic E-state index is 12.5. The minimum atomic E-state index is -1.01. The first-order valence-corrected chi connectivity index (χ1v) is 9.34. The second-order valence-electron chi connectivity index (χ2n) is 5.96. The predicted octanol–water partition coefficient (Wildman–Crippen LogP) is 3.43. The molecule has 1 N–H and O–H groups in total. The van der Waals surface area contributed by atoms with Gasteiger partial charge in [-0.25, -0.2) is 4.79 Å². The molecule has 0 aliphatic rings. The molecule has 1 unspecified atom stereocenters. The van der Waals surface area contributed by atoms with Crippen LogP contribution in [0.5, 0.6) is 5.75 Å². The van der Waals surface area contributed by atoms with Crippen LogP contribution in [0.3, 0.4) is 0 Å². The van der Waals surface area contributed by atoms with E-state index in [1.54, 1.807) is 35.8 Å². The molecular weight excluding hydrogens is 350 g/mol. The van der Waals surface area contributed by atoms with Crippen LogP contribution < -0.4 is 4.74 Å². The number of carbonyl (C=O) groups excluding carboxylic acids is 1. The molecule has 0 fully saturated rings. The third-order valence-corrected chi connectivity index (χ3v) is 4.97. The molecule has 0 radical (unpaired) electrons. The molecule has 0 spiro atoms. The molecule has 0 heterocycles. The summed E-state index contributed by atoms with van der Waals surface area (Å²) in [6, 6.07) is 17.2. The Morgan fingerprint density at radius 3 is 2.35 bits per heavy atom. The molecule has 2 aromatic carbocycles. The van der Waals surface area contributed by atoms with E-state index < -0.39 is 5.97 Å². The topological polar surface area (TPSA) is 66.8 Å². The Morgan fingerprint density at radius 2 is 1.73 bits per heavy atom. The van der Waals surface area contributed by atoms with Crippen molar-refractivity contribution in [1.29, 1.82) is 0 Å². The van der Waals surface area contributed by atoms with Crippen LogP contribution in [0, 0.1) is 0 Å². The van der Waals surface area contributed by atoms with Crippen LogP contribution in [0.25, 0.3) is 0 Å². The minimum Gasteiger partial charge on any atom is -0.482 e. The van der Waals surface area contributed by atoms with Gasteiger partial charge in [-0.05, 0) is 30.2 Å². The summed E-state index contributed by atoms with van der Waals surface area (Å²) in [5.74, 6) is 0.368. The fourth-order valence-electron chi connectivity index (χ4n) is 2.37. The zero-order chi connectivity index (χ0) is 18.9. The number of rotatable bonds is 9. The molecule has 2 rings (SSSR count). The number of hydrogen-bond acceptors (Lipinski definition) is 4. The fraction of sp³-hybridized carbons (Fsp3) is 0.300. The Bertz CT molecular complexity index is 718. The number of carboxylic acids is 1. The first-order chi connectivity index (χ1) is 12.5. The second-order valence-corrected chi connectivity index (χ2v) is 7.29. The van der Waals surface area contributed by atoms with Crippen LogP contribution in [-0.4, -0.2) is 40.8 Å². The zero-order valence-electron chi connectivity index (χ0n) is 14.9. The number of carbonyl (C=O) groups is 2. The molecule has 6 heteroatoms. The van der Waals surface area contributed by atoms with Crippen molar-refractivity contribution in [3.8, 4) is 5.75 Å². The molecule has 0 aliphatic heterocycles. The molecule has 26 heavy (non-hydrogen) atoms. The number of carboxylic acid groups (broad SMARTS) is 1. The van der Waals surface area contributed by atoms with Gasteiger partial charge in [0.15, 0.2) is 6.61 Å². The number of ether oxygens (including phenoxy) is 1. The van der Waals surface area contributed by atoms with Crippen molar-refractivity contribution in [3.05, 3.63) is 65.7 Å². The SMILES string of the molecule is CC(SCc1ccccc1)C(=O)N(C)Cc1ccc(OCC(=O)O)cc1. The van der Waals surface area contributed by atoms with E-state index in [2.05, 4.69) is 12.1 Å². The van der Waals surface area contributed by atoms with E-state index in [0.717, 1.165) is 11.3 Å². The van der Waals surface area contributed by atoms with Crippen molar-refractivity contribution in [2.24, 2.45) is 0 Å². The summed E-state index contributed by atoms with van der Waals surface area (Å²) in [6.45, 7) is 2.05. The number of hydrogen-bond donors (Lipinski definition) is 1. The van der Waals surface area contributed by atoms with E-state index in [4.69, 9.17) is 9.84 Å². The lowest BCUT2D eigenvalue weighted by Crippen LogP contribution is -2.32. The molecule has 0 aromatic heterocycles. The van der Waals surface area contributed by atoms with Crippen molar-refractivity contribution in [2.75, 3.05) is 13.7 Å². The summed E-state index contributed by atoms with van der Waals surface area (Å²) in [4.78, 5) is 24.7. The lowest BCUT2D eigenvalue weighted by atomic mass is 10.2. The minimum absolute atomic E-state index is 0.0807. The molecule has 0 bridgehead atoms. The maximum atomic E-state index is 12.5. The summed E-state index contributed by atoms with van der Waals surface area (Å²) in [6.07, 6.45) is 0. The second kappa shape index (κ2) is 9.87. The predicted molar refractivity (Wildman–Crippen MR) is 103 cm³/mol. The van der Waals surface area contributed by atoms with Crippen LogP contribution in [0.2, 0.25) is 0 Å². The molecule has 0 saturated heterocycles. The van der Waals surface area contributed by atoms with Gasteiger partial charge in [0, 0.05) is 19.3 Å². The fourth-order valence-corrected chi connectivity index (χ4v) is 3.32. The van der Waals surface area contributed by atoms with Crippen LogP contribution in [-0.2, 0) is 21.9 Å². The molecule has 1 amide bonds. The lowest BCUT2D eigenvalue weighted by molar-refractivity contribution is -0.139. The Balaban J connectivity index is 1.82. The molecule has 5 nitrogen and oxygen atoms in total. The first-order valence-electron chi connectivity index (χ1n) is 8.29. The first kappa shape index (κ1) is 19.8. The highest BCUT2D eigenvalue weighted by Crippen LogP contribution is 2.20. The van der Waals surface area contributed by atoms with Gasteiger partial charge in [-0.3, -0.25) is 4.79 Å². The van der Waals surface area contributed by atoms with Crippen LogP contribution >= 0.6 is 11.8 Å². The van der Waals surface area contributed by atoms with Crippen molar-refractivity contribution in [2.45, 2.75) is 24.5 Å². The number of benzene rings is 2. The largest absolute Gasteiger partial charge is 0.482 e. The van der Waals surface area contributed by atoms with Crippen LogP contribution in [0.4, 0.5) is 0 Å². The van der Waals surface area contributed by atoms with E-state index in [9.17, 15) is 9.59 Å². The number of nitrogens with zero attached hydrogens (tertiary/aromatic N) is 1. The smallest absolute Gasteiger partial charge is 0.341 e. The summed E-state index contributed by atoms with van der Waals surface area (Å²) < 4.78 is 5.10. The van der Waals surface area contributed by atoms with E-state index in [1.807, 2.05) is 37.3 Å². The number of thioether (sulfide) groups is 1. The summed E-state index contributed by atoms with van der Waals surface area (Å²) in [5.41, 5.74) is 2.17. The van der Waals surface area contributed by atoms with E-state index in [-0.39, 0.29) is 17.8 Å². The van der Waals surface area contributed by atoms with Gasteiger partial charge < -0.3 is 14.7 Å². The maximum Gasteiger partial charge on any atom is 0.341 e. The van der Waals surface area contributed by atoms with Gasteiger partial charge in [0.25, 0.3) is 0 Å². The Morgan fingerprint density at radius 1 is 1.08 bits per heavy atom. The molecule has 138 valence electrons. The standard InChI is InChI=1S/C20H23NO4S/c1-15(26-14-17-6-4-3-5-7-17)20(24)21(2)12-16-8-10-18(11-9-16)25-13-19(22)23/h3-11,15H,12-14H2,1-2H3,(H,22,23). The summed E-state index contributed by atoms with van der Waals surface area (Å²) in [7, 11) is 1.79. The van der Waals surface area contributed by atoms with Gasteiger partial charge >= 0.3 is 5.97 Å². The van der Waals surface area contributed by atoms with Gasteiger partial charge in [0.1, 0.15) is 5.75 Å². The van der Waals surface area contributed by atoms with Gasteiger partial charge in [0.05, 0.1) is 5.25 Å². The average Bonchev–Trinajstić information content (AvgIpc) is 2.65. The van der Waals surface area contributed by atoms with Crippen molar-refractivity contribution in [1.82, 2.24) is 4.90 Å². The van der Waals surface area contributed by atoms with Crippen molar-refractivity contribution in [3.63, 3.8) is 0 Å². The van der Waals surface area contributed by atoms with E-state index >= 15 is 0 Å². The third-order valence-electron chi connectivity index (χ3n) is 3.77. The van der Waals surface area contributed by atoms with Crippen molar-refractivity contribution >= 4 is 23.6 Å². The molecule has 2 aromatic rings. The lowest BCUT2D eigenvalue weighted by Gasteiger charge is -2.21. The highest BCUT2D eigenvalue weighted by Gasteiger charge is 2.18. The summed E-state index contributed by atoms with van der Waals surface area (Å²) >= 11 is 1.62. The third kappa shape index (κ3) is 6.44. The van der Waals surface area contributed by atoms with E-state index in [1.165, 1.54) is 5.56 Å².